The average Bonchev–Trinajstić information content (AvgIpc) is 3.79. The predicted molar refractivity (Wildman–Crippen MR) is 245 cm³/mol. The first kappa shape index (κ1) is 34.7. The van der Waals surface area contributed by atoms with Crippen molar-refractivity contribution < 1.29 is 0 Å². The van der Waals surface area contributed by atoms with E-state index in [4.69, 9.17) is 15.7 Å². The minimum Gasteiger partial charge on any atom is -0.383 e. The molecule has 0 unspecified atom stereocenters. The van der Waals surface area contributed by atoms with Gasteiger partial charge in [0.25, 0.3) is 0 Å². The lowest BCUT2D eigenvalue weighted by molar-refractivity contribution is 1.06. The molecule has 0 bridgehead atoms. The SMILES string of the molecule is C=C/C=c1\c(=C)c2cc3cc4c5ccccc5c5ccccc5n4c3cc2n1-c1cccc(-c2cccc(C(N=C(N)c3ccccc3)=NCc3ccccc3)c2)c1. The minimum atomic E-state index is 0.417. The maximum absolute atomic E-state index is 6.58. The summed E-state index contributed by atoms with van der Waals surface area (Å²) in [5.74, 6) is 0.994. The average molecular weight is 746 g/mol. The zero-order chi connectivity index (χ0) is 39.2. The van der Waals surface area contributed by atoms with Crippen LogP contribution in [-0.2, 0) is 6.54 Å². The molecule has 5 heteroatoms. The minimum absolute atomic E-state index is 0.417. The number of hydrogen-bond donors (Lipinski definition) is 1. The number of allylic oxidation sites excluding steroid dienone is 1. The maximum Gasteiger partial charge on any atom is 0.157 e. The van der Waals surface area contributed by atoms with Crippen LogP contribution in [0.3, 0.4) is 0 Å². The zero-order valence-electron chi connectivity index (χ0n) is 31.9. The molecular formula is C53H39N5. The van der Waals surface area contributed by atoms with Crippen LogP contribution in [-0.4, -0.2) is 20.6 Å². The van der Waals surface area contributed by atoms with Crippen LogP contribution in [0.5, 0.6) is 0 Å². The lowest BCUT2D eigenvalue weighted by atomic mass is 10.0. The smallest absolute Gasteiger partial charge is 0.157 e. The Bertz CT molecular complexity index is 3400. The van der Waals surface area contributed by atoms with Crippen molar-refractivity contribution >= 4 is 73.3 Å². The van der Waals surface area contributed by atoms with Crippen molar-refractivity contribution in [3.63, 3.8) is 0 Å². The number of nitrogens with zero attached hydrogens (tertiary/aromatic N) is 4. The van der Waals surface area contributed by atoms with E-state index in [1.807, 2.05) is 60.7 Å². The highest BCUT2D eigenvalue weighted by Crippen LogP contribution is 2.35. The number of benzene rings is 7. The van der Waals surface area contributed by atoms with Crippen molar-refractivity contribution in [1.82, 2.24) is 8.97 Å². The van der Waals surface area contributed by atoms with Crippen LogP contribution in [0.4, 0.5) is 0 Å². The molecule has 0 spiro atoms. The predicted octanol–water partition coefficient (Wildman–Crippen LogP) is 10.7. The molecule has 0 saturated carbocycles. The van der Waals surface area contributed by atoms with Gasteiger partial charge in [-0.3, -0.25) is 4.99 Å². The van der Waals surface area contributed by atoms with Crippen LogP contribution < -0.4 is 16.3 Å². The van der Waals surface area contributed by atoms with Gasteiger partial charge in [-0.1, -0.05) is 153 Å². The van der Waals surface area contributed by atoms with Crippen molar-refractivity contribution in [2.24, 2.45) is 15.7 Å². The summed E-state index contributed by atoms with van der Waals surface area (Å²) < 4.78 is 4.72. The third kappa shape index (κ3) is 5.97. The second-order valence-corrected chi connectivity index (χ2v) is 14.6. The molecule has 0 aliphatic carbocycles. The van der Waals surface area contributed by atoms with E-state index < -0.39 is 0 Å². The number of pyridine rings is 1. The fourth-order valence-electron chi connectivity index (χ4n) is 8.33. The standard InChI is InChI=1S/C53H39N5/c1-3-16-47-35(2)46-31-41-32-50-45-27-11-10-25-43(45)44-26-12-13-28-48(44)58(50)49(41)33-51(46)57(47)42-24-15-22-39(30-42)38-21-14-23-40(29-38)53(55-34-36-17-6-4-7-18-36)56-52(54)37-19-8-5-9-20-37/h3-33H,1-2,34H2,(H2,54,55,56)/b47-16+. The first-order chi connectivity index (χ1) is 28.6. The Morgan fingerprint density at radius 2 is 1.22 bits per heavy atom. The molecule has 3 aromatic heterocycles. The van der Waals surface area contributed by atoms with E-state index >= 15 is 0 Å². The number of aromatic nitrogens is 2. The van der Waals surface area contributed by atoms with Crippen molar-refractivity contribution in [3.05, 3.63) is 216 Å². The fraction of sp³-hybridized carbons (Fsp3) is 0.0189. The third-order valence-corrected chi connectivity index (χ3v) is 11.1. The first-order valence-corrected chi connectivity index (χ1v) is 19.5. The van der Waals surface area contributed by atoms with Crippen molar-refractivity contribution in [1.29, 1.82) is 0 Å². The summed E-state index contributed by atoms with van der Waals surface area (Å²) in [4.78, 5) is 9.90. The maximum atomic E-state index is 6.58. The molecule has 0 fully saturated rings. The molecular weight excluding hydrogens is 707 g/mol. The largest absolute Gasteiger partial charge is 0.383 e. The zero-order valence-corrected chi connectivity index (χ0v) is 31.9. The lowest BCUT2D eigenvalue weighted by Gasteiger charge is -2.12. The van der Waals surface area contributed by atoms with E-state index in [2.05, 4.69) is 150 Å². The Labute approximate surface area is 336 Å². The lowest BCUT2D eigenvalue weighted by Crippen LogP contribution is -2.26. The summed E-state index contributed by atoms with van der Waals surface area (Å²) >= 11 is 0. The molecule has 7 aromatic carbocycles. The van der Waals surface area contributed by atoms with Crippen LogP contribution in [0.1, 0.15) is 16.7 Å². The highest BCUT2D eigenvalue weighted by molar-refractivity contribution is 6.16. The molecule has 5 nitrogen and oxygen atoms in total. The summed E-state index contributed by atoms with van der Waals surface area (Å²) in [6, 6.07) is 61.4. The monoisotopic (exact) mass is 745 g/mol. The molecule has 10 aromatic rings. The fourth-order valence-corrected chi connectivity index (χ4v) is 8.33. The Hall–Kier alpha value is -7.76. The Morgan fingerprint density at radius 1 is 0.569 bits per heavy atom. The van der Waals surface area contributed by atoms with Gasteiger partial charge in [0, 0.05) is 43.6 Å². The van der Waals surface area contributed by atoms with Gasteiger partial charge >= 0.3 is 0 Å². The highest BCUT2D eigenvalue weighted by Gasteiger charge is 2.17. The normalized spacial score (nSPS) is 12.7. The van der Waals surface area contributed by atoms with Crippen molar-refractivity contribution in [3.8, 4) is 16.8 Å². The summed E-state index contributed by atoms with van der Waals surface area (Å²) in [5, 5.41) is 7.95. The number of fused-ring (bicyclic) bond motifs is 9. The van der Waals surface area contributed by atoms with Gasteiger partial charge in [0.15, 0.2) is 5.84 Å². The van der Waals surface area contributed by atoms with Gasteiger partial charge in [-0.2, -0.15) is 0 Å². The Kier molecular flexibility index (Phi) is 8.61. The molecule has 0 aliphatic rings. The third-order valence-electron chi connectivity index (χ3n) is 11.1. The molecule has 0 atom stereocenters. The molecule has 0 saturated heterocycles. The second-order valence-electron chi connectivity index (χ2n) is 14.6. The number of hydrogen-bond acceptors (Lipinski definition) is 1. The van der Waals surface area contributed by atoms with Gasteiger partial charge in [0.05, 0.1) is 34.0 Å². The Balaban J connectivity index is 1.13. The number of aliphatic imine (C=N–C) groups is 2. The van der Waals surface area contributed by atoms with Gasteiger partial charge in [0.1, 0.15) is 5.84 Å². The summed E-state index contributed by atoms with van der Waals surface area (Å²) in [6.07, 6.45) is 3.90. The van der Waals surface area contributed by atoms with Gasteiger partial charge in [-0.15, -0.1) is 0 Å². The summed E-state index contributed by atoms with van der Waals surface area (Å²) in [5.41, 5.74) is 17.1. The van der Waals surface area contributed by atoms with Crippen molar-refractivity contribution in [2.75, 3.05) is 0 Å². The number of rotatable bonds is 7. The highest BCUT2D eigenvalue weighted by atomic mass is 15.0. The molecule has 276 valence electrons. The Morgan fingerprint density at radius 3 is 2.00 bits per heavy atom. The van der Waals surface area contributed by atoms with Crippen LogP contribution in [0, 0.1) is 0 Å². The topological polar surface area (TPSA) is 60.1 Å². The summed E-state index contributed by atoms with van der Waals surface area (Å²) in [6.45, 7) is 9.19. The molecule has 0 radical (unpaired) electrons. The van der Waals surface area contributed by atoms with Crippen LogP contribution in [0.25, 0.3) is 78.5 Å². The molecule has 0 amide bonds. The van der Waals surface area contributed by atoms with Crippen molar-refractivity contribution in [2.45, 2.75) is 6.54 Å². The quantitative estimate of drug-likeness (QED) is 0.0986. The van der Waals surface area contributed by atoms with Gasteiger partial charge in [-0.25, -0.2) is 4.99 Å². The molecule has 2 N–H and O–H groups in total. The van der Waals surface area contributed by atoms with Crippen LogP contribution >= 0.6 is 0 Å². The molecule has 58 heavy (non-hydrogen) atoms. The van der Waals surface area contributed by atoms with E-state index in [9.17, 15) is 0 Å². The van der Waals surface area contributed by atoms with Crippen LogP contribution in [0.15, 0.2) is 199 Å². The molecule has 0 aliphatic heterocycles. The van der Waals surface area contributed by atoms with Crippen LogP contribution in [0.2, 0.25) is 0 Å². The van der Waals surface area contributed by atoms with E-state index in [0.717, 1.165) is 60.5 Å². The number of amidine groups is 2. The first-order valence-electron chi connectivity index (χ1n) is 19.5. The van der Waals surface area contributed by atoms with Gasteiger partial charge in [-0.05, 0) is 70.6 Å². The molecule has 3 heterocycles. The number of para-hydroxylation sites is 1. The van der Waals surface area contributed by atoms with E-state index in [1.54, 1.807) is 0 Å². The second kappa shape index (κ2) is 14.4. The summed E-state index contributed by atoms with van der Waals surface area (Å²) in [7, 11) is 0. The van der Waals surface area contributed by atoms with Gasteiger partial charge in [0.2, 0.25) is 0 Å². The molecule has 10 rings (SSSR count). The van der Waals surface area contributed by atoms with E-state index in [1.165, 1.54) is 32.6 Å². The number of nitrogens with two attached hydrogens (primary N) is 1. The van der Waals surface area contributed by atoms with E-state index in [0.29, 0.717) is 18.2 Å². The van der Waals surface area contributed by atoms with E-state index in [-0.39, 0.29) is 0 Å². The van der Waals surface area contributed by atoms with Gasteiger partial charge < -0.3 is 14.7 Å².